The van der Waals surface area contributed by atoms with Crippen molar-refractivity contribution in [1.82, 2.24) is 20.3 Å². The Morgan fingerprint density at radius 3 is 2.80 bits per heavy atom. The Morgan fingerprint density at radius 2 is 2.04 bits per heavy atom. The van der Waals surface area contributed by atoms with Crippen molar-refractivity contribution in [3.63, 3.8) is 0 Å². The third kappa shape index (κ3) is 4.03. The monoisotopic (exact) mass is 335 g/mol. The van der Waals surface area contributed by atoms with Crippen LogP contribution >= 0.6 is 0 Å². The molecular weight excluding hydrogens is 314 g/mol. The second-order valence-corrected chi connectivity index (χ2v) is 5.77. The molecule has 0 unspecified atom stereocenters. The van der Waals surface area contributed by atoms with Crippen molar-refractivity contribution < 1.29 is 4.79 Å². The summed E-state index contributed by atoms with van der Waals surface area (Å²) in [6, 6.07) is 11.6. The Kier molecular flexibility index (Phi) is 5.09. The second-order valence-electron chi connectivity index (χ2n) is 5.77. The van der Waals surface area contributed by atoms with Crippen LogP contribution in [0.1, 0.15) is 29.4 Å². The van der Waals surface area contributed by atoms with Gasteiger partial charge in [-0.25, -0.2) is 9.97 Å². The van der Waals surface area contributed by atoms with Crippen LogP contribution in [0.15, 0.2) is 48.8 Å². The van der Waals surface area contributed by atoms with Gasteiger partial charge in [0.15, 0.2) is 0 Å². The normalized spacial score (nSPS) is 10.5. The number of anilines is 2. The smallest absolute Gasteiger partial charge is 0.267 e. The molecule has 25 heavy (non-hydrogen) atoms. The number of hydrogen-bond donors (Lipinski definition) is 3. The van der Waals surface area contributed by atoms with Crippen LogP contribution in [0.3, 0.4) is 0 Å². The topological polar surface area (TPSA) is 82.7 Å². The highest BCUT2D eigenvalue weighted by Crippen LogP contribution is 2.23. The highest BCUT2D eigenvalue weighted by atomic mass is 16.1. The summed E-state index contributed by atoms with van der Waals surface area (Å²) in [4.78, 5) is 24.0. The van der Waals surface area contributed by atoms with Crippen molar-refractivity contribution in [2.75, 3.05) is 11.9 Å². The van der Waals surface area contributed by atoms with Crippen LogP contribution in [-0.4, -0.2) is 27.4 Å². The summed E-state index contributed by atoms with van der Waals surface area (Å²) in [7, 11) is 0. The summed E-state index contributed by atoms with van der Waals surface area (Å²) in [5.41, 5.74) is 4.04. The maximum absolute atomic E-state index is 12.1. The molecule has 128 valence electrons. The predicted octanol–water partition coefficient (Wildman–Crippen LogP) is 3.66. The van der Waals surface area contributed by atoms with Gasteiger partial charge in [-0.3, -0.25) is 4.79 Å². The van der Waals surface area contributed by atoms with Gasteiger partial charge in [0.05, 0.1) is 5.69 Å². The first-order chi connectivity index (χ1) is 12.2. The minimum Gasteiger partial charge on any atom is -0.357 e. The first kappa shape index (κ1) is 16.7. The predicted molar refractivity (Wildman–Crippen MR) is 98.9 cm³/mol. The zero-order valence-corrected chi connectivity index (χ0v) is 14.3. The number of aromatic nitrogens is 3. The van der Waals surface area contributed by atoms with Crippen LogP contribution in [0.25, 0.3) is 11.3 Å². The molecule has 0 aliphatic carbocycles. The number of H-pyrrole nitrogens is 1. The van der Waals surface area contributed by atoms with Crippen molar-refractivity contribution >= 4 is 17.5 Å². The molecule has 1 aromatic carbocycles. The first-order valence-corrected chi connectivity index (χ1v) is 8.30. The van der Waals surface area contributed by atoms with Crippen molar-refractivity contribution in [1.29, 1.82) is 0 Å². The molecule has 6 heteroatoms. The Hall–Kier alpha value is -3.15. The molecule has 3 rings (SSSR count). The number of hydrogen-bond acceptors (Lipinski definition) is 4. The largest absolute Gasteiger partial charge is 0.357 e. The summed E-state index contributed by atoms with van der Waals surface area (Å²) in [5, 5.41) is 6.04. The van der Waals surface area contributed by atoms with E-state index >= 15 is 0 Å². The minimum absolute atomic E-state index is 0.109. The number of rotatable bonds is 6. The molecule has 6 nitrogen and oxygen atoms in total. The first-order valence-electron chi connectivity index (χ1n) is 8.30. The van der Waals surface area contributed by atoms with E-state index in [1.807, 2.05) is 50.2 Å². The van der Waals surface area contributed by atoms with Crippen LogP contribution in [0.5, 0.6) is 0 Å². The Bertz CT molecular complexity index is 857. The van der Waals surface area contributed by atoms with E-state index in [1.165, 1.54) is 0 Å². The summed E-state index contributed by atoms with van der Waals surface area (Å²) in [5.74, 6) is 0.410. The molecule has 0 spiro atoms. The van der Waals surface area contributed by atoms with Crippen LogP contribution in [0.4, 0.5) is 11.6 Å². The average molecular weight is 335 g/mol. The molecule has 0 saturated carbocycles. The van der Waals surface area contributed by atoms with Crippen molar-refractivity contribution in [3.8, 4) is 11.3 Å². The molecule has 0 radical (unpaired) electrons. The standard InChI is InChI=1S/C19H21N5O/c1-3-9-20-18(25)16-10-14(12-21-16)17-13(2)11-22-19(24-17)23-15-7-5-4-6-8-15/h4-8,10-12,21H,3,9H2,1-2H3,(H,20,25)(H,22,23,24). The number of amides is 1. The highest BCUT2D eigenvalue weighted by molar-refractivity contribution is 5.93. The highest BCUT2D eigenvalue weighted by Gasteiger charge is 2.12. The Morgan fingerprint density at radius 1 is 1.24 bits per heavy atom. The van der Waals surface area contributed by atoms with Gasteiger partial charge in [-0.2, -0.15) is 0 Å². The van der Waals surface area contributed by atoms with E-state index in [0.29, 0.717) is 18.2 Å². The second kappa shape index (κ2) is 7.61. The van der Waals surface area contributed by atoms with Gasteiger partial charge in [0.1, 0.15) is 5.69 Å². The van der Waals surface area contributed by atoms with Crippen LogP contribution in [-0.2, 0) is 0 Å². The lowest BCUT2D eigenvalue weighted by atomic mass is 10.1. The molecular formula is C19H21N5O. The average Bonchev–Trinajstić information content (AvgIpc) is 3.12. The van der Waals surface area contributed by atoms with Gasteiger partial charge in [-0.15, -0.1) is 0 Å². The maximum atomic E-state index is 12.1. The van der Waals surface area contributed by atoms with Crippen LogP contribution < -0.4 is 10.6 Å². The number of benzene rings is 1. The number of carbonyl (C=O) groups is 1. The summed E-state index contributed by atoms with van der Waals surface area (Å²) >= 11 is 0. The third-order valence-corrected chi connectivity index (χ3v) is 3.74. The number of aromatic amines is 1. The lowest BCUT2D eigenvalue weighted by Crippen LogP contribution is -2.24. The van der Waals surface area contributed by atoms with Crippen molar-refractivity contribution in [2.45, 2.75) is 20.3 Å². The zero-order valence-electron chi connectivity index (χ0n) is 14.3. The number of aryl methyl sites for hydroxylation is 1. The fourth-order valence-electron chi connectivity index (χ4n) is 2.44. The third-order valence-electron chi connectivity index (χ3n) is 3.74. The minimum atomic E-state index is -0.109. The van der Waals surface area contributed by atoms with Gasteiger partial charge in [-0.05, 0) is 37.1 Å². The molecule has 2 heterocycles. The van der Waals surface area contributed by atoms with E-state index in [9.17, 15) is 4.79 Å². The van der Waals surface area contributed by atoms with Crippen LogP contribution in [0.2, 0.25) is 0 Å². The molecule has 0 bridgehead atoms. The molecule has 0 saturated heterocycles. The van der Waals surface area contributed by atoms with Gasteiger partial charge in [-0.1, -0.05) is 25.1 Å². The van der Waals surface area contributed by atoms with E-state index in [4.69, 9.17) is 0 Å². The Labute approximate surface area is 146 Å². The fourth-order valence-corrected chi connectivity index (χ4v) is 2.44. The molecule has 0 atom stereocenters. The molecule has 2 aromatic heterocycles. The van der Waals surface area contributed by atoms with Crippen LogP contribution in [0, 0.1) is 6.92 Å². The molecule has 3 aromatic rings. The summed E-state index contributed by atoms with van der Waals surface area (Å²) in [6.07, 6.45) is 4.47. The van der Waals surface area contributed by atoms with Gasteiger partial charge in [0.25, 0.3) is 5.91 Å². The zero-order chi connectivity index (χ0) is 17.6. The summed E-state index contributed by atoms with van der Waals surface area (Å²) in [6.45, 7) is 4.63. The number of nitrogens with zero attached hydrogens (tertiary/aromatic N) is 2. The molecule has 0 aliphatic rings. The maximum Gasteiger partial charge on any atom is 0.267 e. The number of carbonyl (C=O) groups excluding carboxylic acids is 1. The van der Waals surface area contributed by atoms with E-state index < -0.39 is 0 Å². The van der Waals surface area contributed by atoms with E-state index in [-0.39, 0.29) is 5.91 Å². The van der Waals surface area contributed by atoms with E-state index in [2.05, 4.69) is 25.6 Å². The van der Waals surface area contributed by atoms with Gasteiger partial charge < -0.3 is 15.6 Å². The lowest BCUT2D eigenvalue weighted by molar-refractivity contribution is 0.0949. The SMILES string of the molecule is CCCNC(=O)c1cc(-c2nc(Nc3ccccc3)ncc2C)c[nH]1. The Balaban J connectivity index is 1.83. The molecule has 0 fully saturated rings. The van der Waals surface area contributed by atoms with Crippen molar-refractivity contribution in [2.24, 2.45) is 0 Å². The van der Waals surface area contributed by atoms with Gasteiger partial charge in [0, 0.05) is 30.2 Å². The molecule has 1 amide bonds. The van der Waals surface area contributed by atoms with E-state index in [1.54, 1.807) is 12.4 Å². The number of para-hydroxylation sites is 1. The van der Waals surface area contributed by atoms with Gasteiger partial charge in [0.2, 0.25) is 5.95 Å². The van der Waals surface area contributed by atoms with Crippen molar-refractivity contribution in [3.05, 3.63) is 60.0 Å². The van der Waals surface area contributed by atoms with Gasteiger partial charge >= 0.3 is 0 Å². The molecule has 0 aliphatic heterocycles. The molecule has 3 N–H and O–H groups in total. The summed E-state index contributed by atoms with van der Waals surface area (Å²) < 4.78 is 0. The number of nitrogens with one attached hydrogen (secondary N) is 3. The lowest BCUT2D eigenvalue weighted by Gasteiger charge is -2.08. The van der Waals surface area contributed by atoms with E-state index in [0.717, 1.165) is 28.9 Å². The fraction of sp³-hybridized carbons (Fsp3) is 0.211. The quantitative estimate of drug-likeness (QED) is 0.642.